The Morgan fingerprint density at radius 3 is 2.63 bits per heavy atom. The maximum absolute atomic E-state index is 12.6. The van der Waals surface area contributed by atoms with Crippen molar-refractivity contribution >= 4 is 21.7 Å². The van der Waals surface area contributed by atoms with Gasteiger partial charge in [0.2, 0.25) is 0 Å². The molecule has 0 aliphatic carbocycles. The molecular formula is C16H15N5O5S. The first-order valence-corrected chi connectivity index (χ1v) is 9.08. The number of phenolic OH excluding ortho intramolecular Hbond substituents is 1. The largest absolute Gasteiger partial charge is 0.507 e. The fourth-order valence-electron chi connectivity index (χ4n) is 2.42. The van der Waals surface area contributed by atoms with E-state index in [1.165, 1.54) is 17.1 Å². The van der Waals surface area contributed by atoms with Crippen LogP contribution in [0.5, 0.6) is 5.75 Å². The van der Waals surface area contributed by atoms with Gasteiger partial charge in [-0.25, -0.2) is 17.9 Å². The van der Waals surface area contributed by atoms with Crippen molar-refractivity contribution in [2.24, 2.45) is 0 Å². The molecular weight excluding hydrogens is 374 g/mol. The number of hydrogen-bond acceptors (Lipinski definition) is 8. The number of carbonyl (C=O) groups excluding carboxylic acids is 1. The number of aromatic hydroxyl groups is 1. The van der Waals surface area contributed by atoms with Crippen LogP contribution < -0.4 is 4.72 Å². The Morgan fingerprint density at radius 2 is 2.00 bits per heavy atom. The lowest BCUT2D eigenvalue weighted by Gasteiger charge is -2.12. The highest BCUT2D eigenvalue weighted by molar-refractivity contribution is 7.92. The molecule has 0 bridgehead atoms. The minimum absolute atomic E-state index is 0.192. The van der Waals surface area contributed by atoms with E-state index in [0.717, 1.165) is 24.8 Å². The topological polar surface area (TPSA) is 136 Å². The fourth-order valence-corrected chi connectivity index (χ4v) is 3.49. The normalized spacial score (nSPS) is 11.2. The van der Waals surface area contributed by atoms with Crippen molar-refractivity contribution < 1.29 is 23.1 Å². The van der Waals surface area contributed by atoms with Crippen LogP contribution in [0.15, 0.2) is 47.6 Å². The van der Waals surface area contributed by atoms with Crippen LogP contribution in [0.25, 0.3) is 5.69 Å². The molecule has 140 valence electrons. The summed E-state index contributed by atoms with van der Waals surface area (Å²) >= 11 is 0. The highest BCUT2D eigenvalue weighted by Crippen LogP contribution is 2.25. The lowest BCUT2D eigenvalue weighted by Crippen LogP contribution is -2.14. The van der Waals surface area contributed by atoms with E-state index in [2.05, 4.69) is 25.0 Å². The Morgan fingerprint density at radius 1 is 1.22 bits per heavy atom. The summed E-state index contributed by atoms with van der Waals surface area (Å²) in [5.41, 5.74) is 1.51. The van der Waals surface area contributed by atoms with Gasteiger partial charge in [-0.05, 0) is 59.3 Å². The number of rotatable bonds is 5. The molecule has 1 heterocycles. The van der Waals surface area contributed by atoms with E-state index in [0.29, 0.717) is 11.4 Å². The third-order valence-corrected chi connectivity index (χ3v) is 5.11. The van der Waals surface area contributed by atoms with Crippen LogP contribution in [0, 0.1) is 6.92 Å². The molecule has 0 saturated heterocycles. The average molecular weight is 389 g/mol. The molecule has 0 saturated carbocycles. The number of tetrazole rings is 1. The predicted molar refractivity (Wildman–Crippen MR) is 94.1 cm³/mol. The molecule has 10 nitrogen and oxygen atoms in total. The van der Waals surface area contributed by atoms with Gasteiger partial charge in [-0.15, -0.1) is 5.10 Å². The first kappa shape index (κ1) is 18.3. The summed E-state index contributed by atoms with van der Waals surface area (Å²) in [6.45, 7) is 1.78. The fraction of sp³-hybridized carbons (Fsp3) is 0.125. The van der Waals surface area contributed by atoms with Crippen molar-refractivity contribution in [2.75, 3.05) is 11.8 Å². The highest BCUT2D eigenvalue weighted by atomic mass is 32.2. The van der Waals surface area contributed by atoms with Crippen LogP contribution in [-0.2, 0) is 14.8 Å². The molecule has 0 atom stereocenters. The van der Waals surface area contributed by atoms with Gasteiger partial charge in [0, 0.05) is 5.69 Å². The summed E-state index contributed by atoms with van der Waals surface area (Å²) < 4.78 is 33.7. The molecule has 1 aromatic heterocycles. The Labute approximate surface area is 154 Å². The lowest BCUT2D eigenvalue weighted by atomic mass is 10.2. The minimum Gasteiger partial charge on any atom is -0.507 e. The number of methoxy groups -OCH3 is 1. The number of nitrogens with one attached hydrogen (secondary N) is 1. The van der Waals surface area contributed by atoms with Crippen LogP contribution in [0.1, 0.15) is 15.9 Å². The van der Waals surface area contributed by atoms with Gasteiger partial charge >= 0.3 is 5.97 Å². The maximum atomic E-state index is 12.6. The van der Waals surface area contributed by atoms with Crippen molar-refractivity contribution in [3.8, 4) is 11.4 Å². The van der Waals surface area contributed by atoms with Gasteiger partial charge in [-0.2, -0.15) is 0 Å². The standard InChI is InChI=1S/C16H15N5O5S/c1-10-7-11(3-5-14(10)21-9-17-19-20-21)18-27(24,25)12-4-6-15(22)13(8-12)16(23)26-2/h3-9,18,22H,1-2H3. The second-order valence-electron chi connectivity index (χ2n) is 5.53. The second-order valence-corrected chi connectivity index (χ2v) is 7.21. The number of aromatic nitrogens is 4. The predicted octanol–water partition coefficient (Wildman–Crippen LogP) is 1.26. The Balaban J connectivity index is 1.91. The average Bonchev–Trinajstić information content (AvgIpc) is 3.15. The Hall–Kier alpha value is -3.47. The number of aryl methyl sites for hydroxylation is 1. The first-order valence-electron chi connectivity index (χ1n) is 7.60. The first-order chi connectivity index (χ1) is 12.8. The second kappa shape index (κ2) is 7.03. The van der Waals surface area contributed by atoms with Crippen LogP contribution in [-0.4, -0.2) is 46.8 Å². The molecule has 2 N–H and O–H groups in total. The molecule has 0 aliphatic rings. The zero-order valence-corrected chi connectivity index (χ0v) is 15.1. The number of sulfonamides is 1. The van der Waals surface area contributed by atoms with E-state index in [4.69, 9.17) is 0 Å². The van der Waals surface area contributed by atoms with Crippen LogP contribution in [0.2, 0.25) is 0 Å². The van der Waals surface area contributed by atoms with Crippen molar-refractivity contribution in [1.29, 1.82) is 0 Å². The number of carbonyl (C=O) groups is 1. The van der Waals surface area contributed by atoms with Crippen molar-refractivity contribution in [2.45, 2.75) is 11.8 Å². The number of hydrogen-bond donors (Lipinski definition) is 2. The SMILES string of the molecule is COC(=O)c1cc(S(=O)(=O)Nc2ccc(-n3cnnn3)c(C)c2)ccc1O. The van der Waals surface area contributed by atoms with Crippen molar-refractivity contribution in [3.63, 3.8) is 0 Å². The number of esters is 1. The Bertz CT molecular complexity index is 1100. The van der Waals surface area contributed by atoms with Gasteiger partial charge in [0.05, 0.1) is 17.7 Å². The zero-order valence-electron chi connectivity index (χ0n) is 14.3. The third-order valence-electron chi connectivity index (χ3n) is 3.73. The molecule has 27 heavy (non-hydrogen) atoms. The van der Waals surface area contributed by atoms with E-state index in [-0.39, 0.29) is 16.2 Å². The molecule has 0 aliphatic heterocycles. The lowest BCUT2D eigenvalue weighted by molar-refractivity contribution is 0.0597. The molecule has 3 aromatic rings. The molecule has 11 heteroatoms. The van der Waals surface area contributed by atoms with E-state index in [1.54, 1.807) is 25.1 Å². The van der Waals surface area contributed by atoms with Crippen molar-refractivity contribution in [3.05, 3.63) is 53.9 Å². The van der Waals surface area contributed by atoms with E-state index in [9.17, 15) is 18.3 Å². The number of benzene rings is 2. The summed E-state index contributed by atoms with van der Waals surface area (Å²) in [4.78, 5) is 11.5. The van der Waals surface area contributed by atoms with Gasteiger partial charge < -0.3 is 9.84 Å². The van der Waals surface area contributed by atoms with E-state index >= 15 is 0 Å². The number of anilines is 1. The molecule has 0 spiro atoms. The molecule has 0 radical (unpaired) electrons. The number of nitrogens with zero attached hydrogens (tertiary/aromatic N) is 4. The van der Waals surface area contributed by atoms with E-state index < -0.39 is 16.0 Å². The number of ether oxygens (including phenoxy) is 1. The molecule has 2 aromatic carbocycles. The van der Waals surface area contributed by atoms with Crippen LogP contribution in [0.3, 0.4) is 0 Å². The summed E-state index contributed by atoms with van der Waals surface area (Å²) in [7, 11) is -2.86. The smallest absolute Gasteiger partial charge is 0.341 e. The summed E-state index contributed by atoms with van der Waals surface area (Å²) in [5, 5.41) is 20.6. The Kier molecular flexibility index (Phi) is 4.77. The molecule has 0 unspecified atom stereocenters. The number of phenols is 1. The summed E-state index contributed by atoms with van der Waals surface area (Å²) in [6.07, 6.45) is 1.43. The monoisotopic (exact) mass is 389 g/mol. The zero-order chi connectivity index (χ0) is 19.6. The van der Waals surface area contributed by atoms with Gasteiger partial charge in [0.15, 0.2) is 0 Å². The van der Waals surface area contributed by atoms with Gasteiger partial charge in [-0.3, -0.25) is 4.72 Å². The van der Waals surface area contributed by atoms with E-state index in [1.807, 2.05) is 0 Å². The highest BCUT2D eigenvalue weighted by Gasteiger charge is 2.20. The molecule has 0 amide bonds. The third kappa shape index (κ3) is 3.72. The summed E-state index contributed by atoms with van der Waals surface area (Å²) in [5.74, 6) is -1.21. The minimum atomic E-state index is -3.99. The van der Waals surface area contributed by atoms with Crippen LogP contribution >= 0.6 is 0 Å². The van der Waals surface area contributed by atoms with Crippen LogP contribution in [0.4, 0.5) is 5.69 Å². The quantitative estimate of drug-likeness (QED) is 0.623. The summed E-state index contributed by atoms with van der Waals surface area (Å²) in [6, 6.07) is 8.20. The van der Waals surface area contributed by atoms with Gasteiger partial charge in [0.1, 0.15) is 17.6 Å². The molecule has 0 fully saturated rings. The van der Waals surface area contributed by atoms with Gasteiger partial charge in [0.25, 0.3) is 10.0 Å². The molecule has 3 rings (SSSR count). The maximum Gasteiger partial charge on any atom is 0.341 e. The van der Waals surface area contributed by atoms with Crippen molar-refractivity contribution in [1.82, 2.24) is 20.2 Å². The van der Waals surface area contributed by atoms with Gasteiger partial charge in [-0.1, -0.05) is 0 Å².